The van der Waals surface area contributed by atoms with Crippen LogP contribution in [0.5, 0.6) is 5.75 Å². The number of carboxylic acid groups (broad SMARTS) is 1. The van der Waals surface area contributed by atoms with Crippen molar-refractivity contribution in [1.29, 1.82) is 0 Å². The summed E-state index contributed by atoms with van der Waals surface area (Å²) in [6.45, 7) is 5.46. The van der Waals surface area contributed by atoms with Crippen molar-refractivity contribution in [2.75, 3.05) is 62.4 Å². The lowest BCUT2D eigenvalue weighted by Crippen LogP contribution is -2.47. The fourth-order valence-corrected chi connectivity index (χ4v) is 6.90. The SMILES string of the molecule is COc1c(N2CCN(c3ccccc3SC)CC2)c(F)cc2c(=O)c(C(=O)O)cn(-c3ccc(CN4CCCC4)cc3)c12. The maximum atomic E-state index is 15.9. The number of aromatic nitrogens is 1. The largest absolute Gasteiger partial charge is 0.492 e. The van der Waals surface area contributed by atoms with Gasteiger partial charge in [0.25, 0.3) is 0 Å². The normalized spacial score (nSPS) is 15.8. The number of para-hydroxylation sites is 1. The molecule has 2 saturated heterocycles. The van der Waals surface area contributed by atoms with Crippen LogP contribution in [0, 0.1) is 5.82 Å². The van der Waals surface area contributed by atoms with Crippen molar-refractivity contribution in [1.82, 2.24) is 9.47 Å². The third kappa shape index (κ3) is 5.57. The number of anilines is 2. The van der Waals surface area contributed by atoms with Gasteiger partial charge < -0.3 is 24.2 Å². The van der Waals surface area contributed by atoms with Crippen LogP contribution in [-0.2, 0) is 6.54 Å². The molecule has 6 rings (SSSR count). The quantitative estimate of drug-likeness (QED) is 0.266. The molecular weight excluding hydrogens is 567 g/mol. The number of methoxy groups -OCH3 is 1. The van der Waals surface area contributed by atoms with Crippen LogP contribution in [0.3, 0.4) is 0 Å². The number of halogens is 1. The number of nitrogens with zero attached hydrogens (tertiary/aromatic N) is 4. The monoisotopic (exact) mass is 602 g/mol. The van der Waals surface area contributed by atoms with E-state index in [2.05, 4.69) is 28.2 Å². The van der Waals surface area contributed by atoms with Gasteiger partial charge in [-0.05, 0) is 68.1 Å². The molecular formula is C33H35FN4O4S. The highest BCUT2D eigenvalue weighted by atomic mass is 32.2. The summed E-state index contributed by atoms with van der Waals surface area (Å²) in [5, 5.41) is 9.82. The number of ether oxygens (including phenoxy) is 1. The Morgan fingerprint density at radius 2 is 1.65 bits per heavy atom. The molecule has 3 heterocycles. The third-order valence-electron chi connectivity index (χ3n) is 8.45. The molecule has 0 amide bonds. The highest BCUT2D eigenvalue weighted by Gasteiger charge is 2.28. The van der Waals surface area contributed by atoms with E-state index in [1.54, 1.807) is 16.3 Å². The van der Waals surface area contributed by atoms with E-state index in [0.29, 0.717) is 37.4 Å². The fourth-order valence-electron chi connectivity index (χ4n) is 6.28. The first-order chi connectivity index (χ1) is 20.9. The Bertz CT molecular complexity index is 1710. The van der Waals surface area contributed by atoms with Gasteiger partial charge in [-0.3, -0.25) is 9.69 Å². The minimum absolute atomic E-state index is 0.0355. The number of carbonyl (C=O) groups is 1. The van der Waals surface area contributed by atoms with Crippen molar-refractivity contribution in [2.24, 2.45) is 0 Å². The van der Waals surface area contributed by atoms with Crippen LogP contribution >= 0.6 is 11.8 Å². The molecule has 0 bridgehead atoms. The van der Waals surface area contributed by atoms with Crippen LogP contribution in [0.15, 0.2) is 70.5 Å². The molecule has 0 aliphatic carbocycles. The third-order valence-corrected chi connectivity index (χ3v) is 9.23. The zero-order valence-electron chi connectivity index (χ0n) is 24.4. The Morgan fingerprint density at radius 1 is 0.977 bits per heavy atom. The number of likely N-dealkylation sites (tertiary alicyclic amines) is 1. The maximum Gasteiger partial charge on any atom is 0.341 e. The molecule has 2 fully saturated rings. The van der Waals surface area contributed by atoms with E-state index < -0.39 is 22.8 Å². The summed E-state index contributed by atoms with van der Waals surface area (Å²) in [7, 11) is 1.46. The molecule has 2 aliphatic heterocycles. The lowest BCUT2D eigenvalue weighted by molar-refractivity contribution is 0.0695. The number of benzene rings is 3. The van der Waals surface area contributed by atoms with Gasteiger partial charge in [0.05, 0.1) is 18.2 Å². The molecule has 1 N–H and O–H groups in total. The summed E-state index contributed by atoms with van der Waals surface area (Å²) in [5.41, 5.74) is 2.41. The Hall–Kier alpha value is -4.02. The van der Waals surface area contributed by atoms with E-state index in [-0.39, 0.29) is 16.8 Å². The first kappa shape index (κ1) is 29.1. The van der Waals surface area contributed by atoms with E-state index in [9.17, 15) is 14.7 Å². The number of carboxylic acids is 1. The maximum absolute atomic E-state index is 15.9. The van der Waals surface area contributed by atoms with Gasteiger partial charge in [-0.2, -0.15) is 0 Å². The number of piperazine rings is 1. The molecule has 1 aromatic heterocycles. The number of pyridine rings is 1. The van der Waals surface area contributed by atoms with Crippen LogP contribution in [0.4, 0.5) is 15.8 Å². The minimum atomic E-state index is -1.36. The van der Waals surface area contributed by atoms with E-state index in [1.807, 2.05) is 41.3 Å². The average molecular weight is 603 g/mol. The fraction of sp³-hybridized carbons (Fsp3) is 0.333. The van der Waals surface area contributed by atoms with E-state index >= 15 is 4.39 Å². The van der Waals surface area contributed by atoms with Crippen molar-refractivity contribution in [3.05, 3.63) is 88.0 Å². The molecule has 0 unspecified atom stereocenters. The molecule has 3 aromatic carbocycles. The van der Waals surface area contributed by atoms with Gasteiger partial charge in [0.2, 0.25) is 5.43 Å². The summed E-state index contributed by atoms with van der Waals surface area (Å²) in [5.74, 6) is -1.77. The van der Waals surface area contributed by atoms with Crippen molar-refractivity contribution < 1.29 is 19.0 Å². The minimum Gasteiger partial charge on any atom is -0.492 e. The molecule has 4 aromatic rings. The summed E-state index contributed by atoms with van der Waals surface area (Å²) >= 11 is 1.70. The Balaban J connectivity index is 1.41. The molecule has 8 nitrogen and oxygen atoms in total. The number of thioether (sulfide) groups is 1. The van der Waals surface area contributed by atoms with E-state index in [4.69, 9.17) is 4.74 Å². The van der Waals surface area contributed by atoms with Gasteiger partial charge in [-0.1, -0.05) is 24.3 Å². The topological polar surface area (TPSA) is 78.2 Å². The molecule has 0 atom stereocenters. The molecule has 10 heteroatoms. The first-order valence-electron chi connectivity index (χ1n) is 14.5. The molecule has 0 spiro atoms. The van der Waals surface area contributed by atoms with Gasteiger partial charge in [-0.25, -0.2) is 9.18 Å². The average Bonchev–Trinajstić information content (AvgIpc) is 3.54. The summed E-state index contributed by atoms with van der Waals surface area (Å²) in [6, 6.07) is 17.3. The number of fused-ring (bicyclic) bond motifs is 1. The zero-order chi connectivity index (χ0) is 30.1. The van der Waals surface area contributed by atoms with Crippen molar-refractivity contribution in [3.8, 4) is 11.4 Å². The highest BCUT2D eigenvalue weighted by Crippen LogP contribution is 2.40. The smallest absolute Gasteiger partial charge is 0.341 e. The zero-order valence-corrected chi connectivity index (χ0v) is 25.2. The number of rotatable bonds is 8. The second kappa shape index (κ2) is 12.3. The molecule has 43 heavy (non-hydrogen) atoms. The van der Waals surface area contributed by atoms with Crippen molar-refractivity contribution in [3.63, 3.8) is 0 Å². The lowest BCUT2D eigenvalue weighted by Gasteiger charge is -2.38. The van der Waals surface area contributed by atoms with E-state index in [0.717, 1.165) is 37.0 Å². The van der Waals surface area contributed by atoms with Crippen molar-refractivity contribution >= 4 is 40.0 Å². The second-order valence-corrected chi connectivity index (χ2v) is 11.8. The molecule has 224 valence electrons. The highest BCUT2D eigenvalue weighted by molar-refractivity contribution is 7.98. The van der Waals surface area contributed by atoms with Gasteiger partial charge in [0.15, 0.2) is 11.6 Å². The van der Waals surface area contributed by atoms with E-state index in [1.165, 1.54) is 31.0 Å². The van der Waals surface area contributed by atoms with Gasteiger partial charge in [-0.15, -0.1) is 11.8 Å². The first-order valence-corrected chi connectivity index (χ1v) is 15.8. The number of hydrogen-bond acceptors (Lipinski definition) is 7. The predicted octanol–water partition coefficient (Wildman–Crippen LogP) is 5.48. The lowest BCUT2D eigenvalue weighted by atomic mass is 10.1. The van der Waals surface area contributed by atoms with Crippen molar-refractivity contribution in [2.45, 2.75) is 24.3 Å². The number of aromatic carboxylic acids is 1. The Labute approximate surface area is 254 Å². The van der Waals surface area contributed by atoms with Crippen LogP contribution in [0.2, 0.25) is 0 Å². The predicted molar refractivity (Wildman–Crippen MR) is 170 cm³/mol. The van der Waals surface area contributed by atoms with Crippen LogP contribution in [0.1, 0.15) is 28.8 Å². The van der Waals surface area contributed by atoms with Crippen LogP contribution < -0.4 is 20.0 Å². The summed E-state index contributed by atoms with van der Waals surface area (Å²) < 4.78 is 23.4. The van der Waals surface area contributed by atoms with Gasteiger partial charge in [0.1, 0.15) is 16.8 Å². The summed E-state index contributed by atoms with van der Waals surface area (Å²) in [4.78, 5) is 33.3. The van der Waals surface area contributed by atoms with Gasteiger partial charge >= 0.3 is 5.97 Å². The Morgan fingerprint density at radius 3 is 2.30 bits per heavy atom. The molecule has 0 saturated carbocycles. The molecule has 0 radical (unpaired) electrons. The second-order valence-electron chi connectivity index (χ2n) is 11.0. The molecule has 2 aliphatic rings. The van der Waals surface area contributed by atoms with Gasteiger partial charge in [0, 0.05) is 49.5 Å². The number of hydrogen-bond donors (Lipinski definition) is 1. The van der Waals surface area contributed by atoms with Crippen LogP contribution in [0.25, 0.3) is 16.6 Å². The standard InChI is InChI=1S/C33H35FN4O4S/c1-42-32-29-24(19-26(34)30(32)37-17-15-36(16-18-37)27-7-3-4-8-28(27)43-2)31(39)25(33(40)41)21-38(29)23-11-9-22(10-12-23)20-35-13-5-6-14-35/h3-4,7-12,19,21H,5-6,13-18,20H2,1-2H3,(H,40,41). The Kier molecular flexibility index (Phi) is 8.32. The van der Waals surface area contributed by atoms with Crippen LogP contribution in [-0.4, -0.2) is 73.2 Å². The summed E-state index contributed by atoms with van der Waals surface area (Å²) in [6.07, 6.45) is 5.79.